The Labute approximate surface area is 112 Å². The van der Waals surface area contributed by atoms with E-state index < -0.39 is 12.1 Å². The lowest BCUT2D eigenvalue weighted by atomic mass is 10.3. The van der Waals surface area contributed by atoms with Crippen molar-refractivity contribution in [2.75, 3.05) is 12.4 Å². The van der Waals surface area contributed by atoms with Crippen LogP contribution in [0.2, 0.25) is 0 Å². The Hall–Kier alpha value is -2.51. The van der Waals surface area contributed by atoms with E-state index in [4.69, 9.17) is 4.74 Å². The van der Waals surface area contributed by atoms with Gasteiger partial charge in [0, 0.05) is 13.1 Å². The van der Waals surface area contributed by atoms with Gasteiger partial charge in [0.2, 0.25) is 5.88 Å². The molecule has 0 saturated heterocycles. The fourth-order valence-electron chi connectivity index (χ4n) is 1.39. The first-order valence-corrected chi connectivity index (χ1v) is 5.50. The van der Waals surface area contributed by atoms with Crippen LogP contribution in [0.25, 0.3) is 0 Å². The molecule has 0 unspecified atom stereocenters. The summed E-state index contributed by atoms with van der Waals surface area (Å²) in [4.78, 5) is 7.68. The standard InChI is InChI=1S/C12H10F3N3O2/c1-16-10-6-11(18-7-17-10)19-8-4-2-3-5-9(8)20-12(13,14)15/h2-7H,1H3,(H,16,17,18). The second kappa shape index (κ2) is 5.64. The molecule has 0 atom stereocenters. The van der Waals surface area contributed by atoms with Crippen molar-refractivity contribution in [2.24, 2.45) is 0 Å². The van der Waals surface area contributed by atoms with E-state index in [1.165, 1.54) is 30.6 Å². The number of halogens is 3. The van der Waals surface area contributed by atoms with Crippen molar-refractivity contribution in [3.63, 3.8) is 0 Å². The van der Waals surface area contributed by atoms with Gasteiger partial charge in [-0.2, -0.15) is 0 Å². The van der Waals surface area contributed by atoms with Crippen LogP contribution in [0.15, 0.2) is 36.7 Å². The first-order valence-electron chi connectivity index (χ1n) is 5.50. The van der Waals surface area contributed by atoms with Gasteiger partial charge in [0.1, 0.15) is 12.1 Å². The van der Waals surface area contributed by atoms with Crippen molar-refractivity contribution in [1.29, 1.82) is 0 Å². The number of nitrogens with one attached hydrogen (secondary N) is 1. The first-order chi connectivity index (χ1) is 9.48. The van der Waals surface area contributed by atoms with Gasteiger partial charge in [-0.15, -0.1) is 13.2 Å². The first kappa shape index (κ1) is 13.9. The molecule has 1 N–H and O–H groups in total. The van der Waals surface area contributed by atoms with Crippen LogP contribution in [0, 0.1) is 0 Å². The molecule has 0 bridgehead atoms. The number of para-hydroxylation sites is 2. The number of alkyl halides is 3. The lowest BCUT2D eigenvalue weighted by Crippen LogP contribution is -2.17. The summed E-state index contributed by atoms with van der Waals surface area (Å²) in [5.41, 5.74) is 0. The van der Waals surface area contributed by atoms with Crippen LogP contribution in [0.3, 0.4) is 0 Å². The summed E-state index contributed by atoms with van der Waals surface area (Å²) in [5.74, 6) is 0.0435. The summed E-state index contributed by atoms with van der Waals surface area (Å²) < 4.78 is 46.0. The molecule has 2 rings (SSSR count). The molecular weight excluding hydrogens is 275 g/mol. The van der Waals surface area contributed by atoms with Crippen molar-refractivity contribution >= 4 is 5.82 Å². The lowest BCUT2D eigenvalue weighted by molar-refractivity contribution is -0.275. The molecule has 8 heteroatoms. The molecule has 0 saturated carbocycles. The molecule has 0 spiro atoms. The predicted octanol–water partition coefficient (Wildman–Crippen LogP) is 3.21. The molecule has 2 aromatic rings. The second-order valence-corrected chi connectivity index (χ2v) is 3.59. The van der Waals surface area contributed by atoms with E-state index in [2.05, 4.69) is 20.0 Å². The van der Waals surface area contributed by atoms with Crippen LogP contribution in [-0.2, 0) is 0 Å². The summed E-state index contributed by atoms with van der Waals surface area (Å²) in [6, 6.07) is 6.89. The molecule has 1 heterocycles. The third kappa shape index (κ3) is 3.74. The fraction of sp³-hybridized carbons (Fsp3) is 0.167. The number of ether oxygens (including phenoxy) is 2. The van der Waals surface area contributed by atoms with E-state index in [0.717, 1.165) is 6.07 Å². The monoisotopic (exact) mass is 285 g/mol. The van der Waals surface area contributed by atoms with Crippen LogP contribution in [0.5, 0.6) is 17.4 Å². The van der Waals surface area contributed by atoms with Crippen LogP contribution < -0.4 is 14.8 Å². The molecule has 0 aliphatic heterocycles. The highest BCUT2D eigenvalue weighted by atomic mass is 19.4. The van der Waals surface area contributed by atoms with Crippen molar-refractivity contribution in [3.8, 4) is 17.4 Å². The van der Waals surface area contributed by atoms with Gasteiger partial charge in [-0.25, -0.2) is 9.97 Å². The summed E-state index contributed by atoms with van der Waals surface area (Å²) in [5, 5.41) is 2.76. The number of hydrogen-bond acceptors (Lipinski definition) is 5. The largest absolute Gasteiger partial charge is 0.573 e. The zero-order valence-electron chi connectivity index (χ0n) is 10.3. The van der Waals surface area contributed by atoms with Crippen LogP contribution in [-0.4, -0.2) is 23.4 Å². The zero-order chi connectivity index (χ0) is 14.6. The van der Waals surface area contributed by atoms with Crippen LogP contribution in [0.1, 0.15) is 0 Å². The zero-order valence-corrected chi connectivity index (χ0v) is 10.3. The molecule has 0 amide bonds. The van der Waals surface area contributed by atoms with E-state index in [-0.39, 0.29) is 11.6 Å². The third-order valence-corrected chi connectivity index (χ3v) is 2.19. The Bertz CT molecular complexity index is 590. The van der Waals surface area contributed by atoms with Crippen molar-refractivity contribution in [2.45, 2.75) is 6.36 Å². The second-order valence-electron chi connectivity index (χ2n) is 3.59. The quantitative estimate of drug-likeness (QED) is 0.934. The number of benzene rings is 1. The highest BCUT2D eigenvalue weighted by Crippen LogP contribution is 2.34. The highest BCUT2D eigenvalue weighted by Gasteiger charge is 2.32. The Balaban J connectivity index is 2.24. The molecular formula is C12H10F3N3O2. The van der Waals surface area contributed by atoms with Gasteiger partial charge in [0.05, 0.1) is 0 Å². The van der Waals surface area contributed by atoms with E-state index in [0.29, 0.717) is 5.82 Å². The number of nitrogens with zero attached hydrogens (tertiary/aromatic N) is 2. The van der Waals surface area contributed by atoms with Gasteiger partial charge in [-0.1, -0.05) is 12.1 Å². The van der Waals surface area contributed by atoms with Crippen LogP contribution >= 0.6 is 0 Å². The normalized spacial score (nSPS) is 11.0. The summed E-state index contributed by atoms with van der Waals surface area (Å²) >= 11 is 0. The van der Waals surface area contributed by atoms with Gasteiger partial charge >= 0.3 is 6.36 Å². The maximum atomic E-state index is 12.3. The molecule has 0 aliphatic rings. The molecule has 0 fully saturated rings. The SMILES string of the molecule is CNc1cc(Oc2ccccc2OC(F)(F)F)ncn1. The number of rotatable bonds is 4. The van der Waals surface area contributed by atoms with Gasteiger partial charge in [0.25, 0.3) is 0 Å². The van der Waals surface area contributed by atoms with Crippen molar-refractivity contribution < 1.29 is 22.6 Å². The molecule has 1 aromatic heterocycles. The minimum absolute atomic E-state index is 0.0921. The van der Waals surface area contributed by atoms with E-state index in [9.17, 15) is 13.2 Å². The smallest absolute Gasteiger partial charge is 0.435 e. The Morgan fingerprint density at radius 1 is 1.10 bits per heavy atom. The minimum atomic E-state index is -4.79. The maximum Gasteiger partial charge on any atom is 0.573 e. The summed E-state index contributed by atoms with van der Waals surface area (Å²) in [7, 11) is 1.65. The molecule has 106 valence electrons. The van der Waals surface area contributed by atoms with E-state index in [1.807, 2.05) is 0 Å². The Morgan fingerprint density at radius 2 is 1.80 bits per heavy atom. The Kier molecular flexibility index (Phi) is 3.92. The Morgan fingerprint density at radius 3 is 2.45 bits per heavy atom. The fourth-order valence-corrected chi connectivity index (χ4v) is 1.39. The topological polar surface area (TPSA) is 56.3 Å². The summed E-state index contributed by atoms with van der Waals surface area (Å²) in [6.45, 7) is 0. The average molecular weight is 285 g/mol. The molecule has 20 heavy (non-hydrogen) atoms. The summed E-state index contributed by atoms with van der Waals surface area (Å²) in [6.07, 6.45) is -3.56. The van der Waals surface area contributed by atoms with E-state index in [1.54, 1.807) is 7.05 Å². The van der Waals surface area contributed by atoms with E-state index >= 15 is 0 Å². The number of aromatic nitrogens is 2. The lowest BCUT2D eigenvalue weighted by Gasteiger charge is -2.13. The number of hydrogen-bond donors (Lipinski definition) is 1. The third-order valence-electron chi connectivity index (χ3n) is 2.19. The predicted molar refractivity (Wildman–Crippen MR) is 64.8 cm³/mol. The van der Waals surface area contributed by atoms with Gasteiger partial charge in [0.15, 0.2) is 11.5 Å². The number of anilines is 1. The highest BCUT2D eigenvalue weighted by molar-refractivity contribution is 5.43. The maximum absolute atomic E-state index is 12.3. The molecule has 0 radical (unpaired) electrons. The van der Waals surface area contributed by atoms with Crippen LogP contribution in [0.4, 0.5) is 19.0 Å². The molecule has 1 aromatic carbocycles. The molecule has 0 aliphatic carbocycles. The molecule has 5 nitrogen and oxygen atoms in total. The minimum Gasteiger partial charge on any atom is -0.435 e. The van der Waals surface area contributed by atoms with Gasteiger partial charge in [-0.05, 0) is 12.1 Å². The van der Waals surface area contributed by atoms with Gasteiger partial charge in [-0.3, -0.25) is 0 Å². The van der Waals surface area contributed by atoms with Crippen molar-refractivity contribution in [1.82, 2.24) is 9.97 Å². The van der Waals surface area contributed by atoms with Gasteiger partial charge < -0.3 is 14.8 Å². The van der Waals surface area contributed by atoms with Crippen molar-refractivity contribution in [3.05, 3.63) is 36.7 Å². The average Bonchev–Trinajstić information content (AvgIpc) is 2.40.